The molecule has 0 spiro atoms. The number of fused-ring (bicyclic) bond motifs is 1. The number of aliphatic imine (C=N–C) groups is 1. The number of aromatic nitrogens is 3. The number of pyridine rings is 1. The fourth-order valence-corrected chi connectivity index (χ4v) is 3.53. The molecule has 1 saturated heterocycles. The normalized spacial score (nSPS) is 16.7. The van der Waals surface area contributed by atoms with E-state index < -0.39 is 0 Å². The van der Waals surface area contributed by atoms with Crippen molar-refractivity contribution in [3.05, 3.63) is 60.0 Å². The minimum atomic E-state index is 0. The van der Waals surface area contributed by atoms with Crippen LogP contribution in [0, 0.1) is 6.92 Å². The van der Waals surface area contributed by atoms with Gasteiger partial charge in [0, 0.05) is 37.6 Å². The fourth-order valence-electron chi connectivity index (χ4n) is 3.53. The average molecular weight is 505 g/mol. The molecule has 3 heterocycles. The van der Waals surface area contributed by atoms with E-state index in [-0.39, 0.29) is 24.0 Å². The maximum Gasteiger partial charge on any atom is 0.191 e. The number of benzene rings is 1. The third-order valence-electron chi connectivity index (χ3n) is 5.04. The van der Waals surface area contributed by atoms with Gasteiger partial charge in [0.05, 0.1) is 0 Å². The molecule has 1 aromatic carbocycles. The van der Waals surface area contributed by atoms with E-state index in [1.807, 2.05) is 28.8 Å². The zero-order chi connectivity index (χ0) is 19.3. The van der Waals surface area contributed by atoms with Crippen molar-refractivity contribution >= 4 is 41.3 Å². The van der Waals surface area contributed by atoms with E-state index in [1.165, 1.54) is 11.3 Å². The smallest absolute Gasteiger partial charge is 0.191 e. The van der Waals surface area contributed by atoms with Gasteiger partial charge in [-0.15, -0.1) is 34.2 Å². The maximum absolute atomic E-state index is 4.73. The highest BCUT2D eigenvalue weighted by atomic mass is 127. The highest BCUT2D eigenvalue weighted by molar-refractivity contribution is 14.0. The molecule has 0 radical (unpaired) electrons. The van der Waals surface area contributed by atoms with Crippen LogP contribution >= 0.6 is 24.0 Å². The molecule has 154 valence electrons. The second-order valence-corrected chi connectivity index (χ2v) is 7.15. The number of nitrogens with one attached hydrogen (secondary N) is 2. The second kappa shape index (κ2) is 9.91. The summed E-state index contributed by atoms with van der Waals surface area (Å²) in [5.74, 6) is 1.66. The molecule has 3 aromatic rings. The Hall–Kier alpha value is -2.36. The van der Waals surface area contributed by atoms with Crippen molar-refractivity contribution < 1.29 is 0 Å². The van der Waals surface area contributed by atoms with Crippen LogP contribution in [0.4, 0.5) is 5.69 Å². The van der Waals surface area contributed by atoms with E-state index in [2.05, 4.69) is 63.8 Å². The second-order valence-electron chi connectivity index (χ2n) is 7.15. The number of nitrogens with zero attached hydrogens (tertiary/aromatic N) is 5. The first-order valence-corrected chi connectivity index (χ1v) is 9.88. The Morgan fingerprint density at radius 1 is 1.17 bits per heavy atom. The molecule has 4 rings (SSSR count). The summed E-state index contributed by atoms with van der Waals surface area (Å²) < 4.78 is 1.97. The van der Waals surface area contributed by atoms with Crippen molar-refractivity contribution in [1.29, 1.82) is 0 Å². The Balaban J connectivity index is 0.00000240. The number of aryl methyl sites for hydroxylation is 1. The van der Waals surface area contributed by atoms with Crippen LogP contribution in [0.1, 0.15) is 24.7 Å². The minimum absolute atomic E-state index is 0. The molecule has 29 heavy (non-hydrogen) atoms. The Morgan fingerprint density at radius 2 is 2.00 bits per heavy atom. The summed E-state index contributed by atoms with van der Waals surface area (Å²) in [6, 6.07) is 15.0. The van der Waals surface area contributed by atoms with Gasteiger partial charge in [-0.1, -0.05) is 23.8 Å². The highest BCUT2D eigenvalue weighted by Crippen LogP contribution is 2.20. The van der Waals surface area contributed by atoms with E-state index in [0.29, 0.717) is 12.6 Å². The van der Waals surface area contributed by atoms with Gasteiger partial charge >= 0.3 is 0 Å². The average Bonchev–Trinajstić information content (AvgIpc) is 3.34. The molecule has 7 nitrogen and oxygen atoms in total. The van der Waals surface area contributed by atoms with E-state index in [4.69, 9.17) is 4.99 Å². The molecule has 1 aliphatic heterocycles. The first-order chi connectivity index (χ1) is 13.7. The van der Waals surface area contributed by atoms with E-state index >= 15 is 0 Å². The number of anilines is 1. The number of halogens is 1. The third kappa shape index (κ3) is 5.17. The van der Waals surface area contributed by atoms with E-state index in [1.54, 1.807) is 0 Å². The number of hydrogen-bond acceptors (Lipinski definition) is 4. The number of guanidine groups is 1. The molecule has 1 atom stereocenters. The molecule has 0 aliphatic carbocycles. The first kappa shape index (κ1) is 21.4. The van der Waals surface area contributed by atoms with Gasteiger partial charge < -0.3 is 15.5 Å². The molecule has 0 saturated carbocycles. The molecule has 1 aliphatic rings. The highest BCUT2D eigenvalue weighted by Gasteiger charge is 2.23. The van der Waals surface area contributed by atoms with Crippen LogP contribution in [0.15, 0.2) is 53.7 Å². The van der Waals surface area contributed by atoms with Crippen molar-refractivity contribution in [1.82, 2.24) is 25.2 Å². The van der Waals surface area contributed by atoms with Gasteiger partial charge in [-0.25, -0.2) is 4.99 Å². The summed E-state index contributed by atoms with van der Waals surface area (Å²) in [6.07, 6.45) is 3.06. The van der Waals surface area contributed by atoms with Crippen LogP contribution in [0.2, 0.25) is 0 Å². The van der Waals surface area contributed by atoms with Crippen molar-refractivity contribution in [2.45, 2.75) is 32.9 Å². The first-order valence-electron chi connectivity index (χ1n) is 9.88. The number of hydrogen-bond donors (Lipinski definition) is 2. The van der Waals surface area contributed by atoms with Crippen molar-refractivity contribution in [3.63, 3.8) is 0 Å². The van der Waals surface area contributed by atoms with Gasteiger partial charge in [0.1, 0.15) is 6.54 Å². The van der Waals surface area contributed by atoms with Gasteiger partial charge in [0.25, 0.3) is 0 Å². The Bertz CT molecular complexity index is 951. The van der Waals surface area contributed by atoms with Crippen molar-refractivity contribution in [3.8, 4) is 0 Å². The maximum atomic E-state index is 4.73. The summed E-state index contributed by atoms with van der Waals surface area (Å²) in [6.45, 7) is 7.53. The third-order valence-corrected chi connectivity index (χ3v) is 5.04. The predicted molar refractivity (Wildman–Crippen MR) is 128 cm³/mol. The van der Waals surface area contributed by atoms with E-state index in [0.717, 1.165) is 43.5 Å². The zero-order valence-electron chi connectivity index (χ0n) is 16.9. The standard InChI is InChI=1S/C21H27N7.HI/c1-3-22-21(23-14-20-26-25-19-6-4-5-12-28(19)20)24-17-11-13-27(15-17)18-9-7-16(2)8-10-18;/h4-10,12,17H,3,11,13-15H2,1-2H3,(H2,22,23,24);1H. The van der Waals surface area contributed by atoms with Gasteiger partial charge in [-0.05, 0) is 44.5 Å². The van der Waals surface area contributed by atoms with Crippen LogP contribution in [-0.4, -0.2) is 46.2 Å². The number of rotatable bonds is 5. The molecule has 1 unspecified atom stereocenters. The summed E-state index contributed by atoms with van der Waals surface area (Å²) in [5, 5.41) is 15.4. The molecule has 2 aromatic heterocycles. The Labute approximate surface area is 188 Å². The summed E-state index contributed by atoms with van der Waals surface area (Å²) >= 11 is 0. The quantitative estimate of drug-likeness (QED) is 0.317. The van der Waals surface area contributed by atoms with Crippen LogP contribution in [0.3, 0.4) is 0 Å². The Kier molecular flexibility index (Phi) is 7.29. The molecule has 0 amide bonds. The molecular formula is C21H28IN7. The lowest BCUT2D eigenvalue weighted by Gasteiger charge is -2.20. The topological polar surface area (TPSA) is 69.8 Å². The molecule has 8 heteroatoms. The Morgan fingerprint density at radius 3 is 2.79 bits per heavy atom. The van der Waals surface area contributed by atoms with Gasteiger partial charge in [-0.2, -0.15) is 0 Å². The summed E-state index contributed by atoms with van der Waals surface area (Å²) in [5.41, 5.74) is 3.42. The van der Waals surface area contributed by atoms with Crippen LogP contribution < -0.4 is 15.5 Å². The largest absolute Gasteiger partial charge is 0.369 e. The lowest BCUT2D eigenvalue weighted by molar-refractivity contribution is 0.648. The summed E-state index contributed by atoms with van der Waals surface area (Å²) in [7, 11) is 0. The molecule has 1 fully saturated rings. The van der Waals surface area contributed by atoms with Gasteiger partial charge in [-0.3, -0.25) is 4.40 Å². The minimum Gasteiger partial charge on any atom is -0.369 e. The lowest BCUT2D eigenvalue weighted by Crippen LogP contribution is -2.44. The monoisotopic (exact) mass is 505 g/mol. The molecular weight excluding hydrogens is 477 g/mol. The van der Waals surface area contributed by atoms with Gasteiger partial charge in [0.15, 0.2) is 17.4 Å². The van der Waals surface area contributed by atoms with Gasteiger partial charge in [0.2, 0.25) is 0 Å². The SMILES string of the molecule is CCNC(=NCc1nnc2ccccn12)NC1CCN(c2ccc(C)cc2)C1.I. The summed E-state index contributed by atoms with van der Waals surface area (Å²) in [4.78, 5) is 7.15. The molecule has 2 N–H and O–H groups in total. The fraction of sp³-hybridized carbons (Fsp3) is 0.381. The molecule has 0 bridgehead atoms. The van der Waals surface area contributed by atoms with Crippen molar-refractivity contribution in [2.75, 3.05) is 24.5 Å². The van der Waals surface area contributed by atoms with Crippen LogP contribution in [0.5, 0.6) is 0 Å². The van der Waals surface area contributed by atoms with Crippen LogP contribution in [0.25, 0.3) is 5.65 Å². The predicted octanol–water partition coefficient (Wildman–Crippen LogP) is 2.99. The zero-order valence-corrected chi connectivity index (χ0v) is 19.2. The van der Waals surface area contributed by atoms with Crippen molar-refractivity contribution in [2.24, 2.45) is 4.99 Å². The lowest BCUT2D eigenvalue weighted by atomic mass is 10.2. The van der Waals surface area contributed by atoms with E-state index in [9.17, 15) is 0 Å². The van der Waals surface area contributed by atoms with Crippen LogP contribution in [-0.2, 0) is 6.54 Å².